The number of carbonyl (C=O) groups is 2. The van der Waals surface area contributed by atoms with E-state index in [0.717, 1.165) is 31.5 Å². The number of hydrogen-bond donors (Lipinski definition) is 1. The van der Waals surface area contributed by atoms with Crippen molar-refractivity contribution in [2.24, 2.45) is 5.92 Å². The van der Waals surface area contributed by atoms with E-state index in [9.17, 15) is 9.59 Å². The molecular formula is C21H31N3O3. The van der Waals surface area contributed by atoms with E-state index in [1.165, 1.54) is 0 Å². The lowest BCUT2D eigenvalue weighted by atomic mass is 9.97. The van der Waals surface area contributed by atoms with E-state index in [4.69, 9.17) is 4.74 Å². The second-order valence-corrected chi connectivity index (χ2v) is 9.03. The summed E-state index contributed by atoms with van der Waals surface area (Å²) in [6.45, 7) is 9.42. The van der Waals surface area contributed by atoms with Gasteiger partial charge in [-0.3, -0.25) is 4.79 Å². The number of amides is 1. The molecule has 2 fully saturated rings. The van der Waals surface area contributed by atoms with Crippen molar-refractivity contribution < 1.29 is 14.3 Å². The summed E-state index contributed by atoms with van der Waals surface area (Å²) in [5.74, 6) is 1.03. The van der Waals surface area contributed by atoms with Crippen LogP contribution in [0.25, 0.3) is 0 Å². The van der Waals surface area contributed by atoms with Crippen LogP contribution in [-0.4, -0.2) is 40.6 Å². The first-order valence-electron chi connectivity index (χ1n) is 9.92. The summed E-state index contributed by atoms with van der Waals surface area (Å²) in [6, 6.07) is 4.71. The van der Waals surface area contributed by atoms with Gasteiger partial charge in [0.05, 0.1) is 0 Å². The standard InChI is InChI=1S/C21H31N3O3/c1-13(2)19(25)14-6-9-18(22-12-14)24-16-7-8-17(24)11-15(10-16)23-20(26)27-21(3,4)5/h6,9,12-13,15-17H,7-8,10-11H2,1-5H3,(H,23,26)/t15?,16-,17+. The van der Waals surface area contributed by atoms with E-state index in [1.807, 2.05) is 46.8 Å². The van der Waals surface area contributed by atoms with E-state index in [1.54, 1.807) is 6.20 Å². The molecule has 0 spiro atoms. The Balaban J connectivity index is 1.64. The summed E-state index contributed by atoms with van der Waals surface area (Å²) < 4.78 is 5.39. The number of ether oxygens (including phenoxy) is 1. The predicted molar refractivity (Wildman–Crippen MR) is 105 cm³/mol. The van der Waals surface area contributed by atoms with Crippen molar-refractivity contribution in [1.82, 2.24) is 10.3 Å². The first-order valence-corrected chi connectivity index (χ1v) is 9.92. The molecule has 0 radical (unpaired) electrons. The highest BCUT2D eigenvalue weighted by Crippen LogP contribution is 2.38. The number of ketones is 1. The molecule has 3 atom stereocenters. The third-order valence-electron chi connectivity index (χ3n) is 5.28. The van der Waals surface area contributed by atoms with Gasteiger partial charge in [-0.2, -0.15) is 0 Å². The first-order chi connectivity index (χ1) is 12.6. The quantitative estimate of drug-likeness (QED) is 0.809. The van der Waals surface area contributed by atoms with Gasteiger partial charge in [0, 0.05) is 35.8 Å². The molecule has 6 nitrogen and oxygen atoms in total. The zero-order valence-electron chi connectivity index (χ0n) is 17.0. The Hall–Kier alpha value is -2.11. The van der Waals surface area contributed by atoms with Crippen LogP contribution in [0, 0.1) is 5.92 Å². The molecule has 0 saturated carbocycles. The maximum Gasteiger partial charge on any atom is 0.407 e. The molecule has 3 heterocycles. The summed E-state index contributed by atoms with van der Waals surface area (Å²) in [5, 5.41) is 3.03. The van der Waals surface area contributed by atoms with Crippen molar-refractivity contribution in [3.8, 4) is 0 Å². The van der Waals surface area contributed by atoms with E-state index < -0.39 is 5.60 Å². The molecule has 1 unspecified atom stereocenters. The number of aromatic nitrogens is 1. The van der Waals surface area contributed by atoms with Gasteiger partial charge in [0.1, 0.15) is 11.4 Å². The second-order valence-electron chi connectivity index (χ2n) is 9.03. The maximum absolute atomic E-state index is 12.1. The minimum absolute atomic E-state index is 0.0245. The molecule has 3 rings (SSSR count). The van der Waals surface area contributed by atoms with Gasteiger partial charge in [0.25, 0.3) is 0 Å². The fourth-order valence-electron chi connectivity index (χ4n) is 4.16. The molecule has 1 aromatic heterocycles. The minimum atomic E-state index is -0.483. The SMILES string of the molecule is CC(C)C(=O)c1ccc(N2[C@@H]3CC[C@H]2CC(NC(=O)OC(C)(C)C)C3)nc1. The average Bonchev–Trinajstić information content (AvgIpc) is 2.83. The molecule has 148 valence electrons. The molecule has 0 aliphatic carbocycles. The Kier molecular flexibility index (Phi) is 5.45. The van der Waals surface area contributed by atoms with Gasteiger partial charge in [-0.25, -0.2) is 9.78 Å². The van der Waals surface area contributed by atoms with E-state index in [-0.39, 0.29) is 23.8 Å². The van der Waals surface area contributed by atoms with Crippen LogP contribution in [0.15, 0.2) is 18.3 Å². The number of rotatable bonds is 4. The Morgan fingerprint density at radius 2 is 1.81 bits per heavy atom. The van der Waals surface area contributed by atoms with E-state index >= 15 is 0 Å². The van der Waals surface area contributed by atoms with Gasteiger partial charge in [0.2, 0.25) is 0 Å². The predicted octanol–water partition coefficient (Wildman–Crippen LogP) is 3.94. The van der Waals surface area contributed by atoms with Gasteiger partial charge in [-0.15, -0.1) is 0 Å². The van der Waals surface area contributed by atoms with Crippen molar-refractivity contribution in [3.63, 3.8) is 0 Å². The molecule has 1 amide bonds. The van der Waals surface area contributed by atoms with Gasteiger partial charge in [-0.1, -0.05) is 13.8 Å². The zero-order valence-corrected chi connectivity index (χ0v) is 17.0. The molecule has 2 saturated heterocycles. The number of Topliss-reactive ketones (excluding diaryl/α,β-unsaturated/α-hetero) is 1. The number of alkyl carbamates (subject to hydrolysis) is 1. The zero-order chi connectivity index (χ0) is 19.8. The van der Waals surface area contributed by atoms with Crippen LogP contribution in [0.1, 0.15) is 70.7 Å². The number of nitrogens with one attached hydrogen (secondary N) is 1. The second kappa shape index (κ2) is 7.49. The number of nitrogens with zero attached hydrogens (tertiary/aromatic N) is 2. The lowest BCUT2D eigenvalue weighted by Gasteiger charge is -2.40. The van der Waals surface area contributed by atoms with Crippen LogP contribution in [0.5, 0.6) is 0 Å². The average molecular weight is 373 g/mol. The summed E-state index contributed by atoms with van der Waals surface area (Å²) in [4.78, 5) is 31.1. The number of carbonyl (C=O) groups excluding carboxylic acids is 2. The van der Waals surface area contributed by atoms with Crippen molar-refractivity contribution >= 4 is 17.7 Å². The molecule has 2 aliphatic heterocycles. The van der Waals surface area contributed by atoms with Crippen LogP contribution in [0.2, 0.25) is 0 Å². The van der Waals surface area contributed by atoms with E-state index in [2.05, 4.69) is 15.2 Å². The van der Waals surface area contributed by atoms with Crippen molar-refractivity contribution in [1.29, 1.82) is 0 Å². The Morgan fingerprint density at radius 1 is 1.19 bits per heavy atom. The summed E-state index contributed by atoms with van der Waals surface area (Å²) in [6.07, 6.45) is 5.35. The summed E-state index contributed by atoms with van der Waals surface area (Å²) in [7, 11) is 0. The lowest BCUT2D eigenvalue weighted by Crippen LogP contribution is -2.51. The number of pyridine rings is 1. The smallest absolute Gasteiger partial charge is 0.407 e. The normalized spacial score (nSPS) is 24.8. The highest BCUT2D eigenvalue weighted by atomic mass is 16.6. The highest BCUT2D eigenvalue weighted by Gasteiger charge is 2.42. The van der Waals surface area contributed by atoms with Gasteiger partial charge >= 0.3 is 6.09 Å². The molecule has 2 aliphatic rings. The first kappa shape index (κ1) is 19.6. The third kappa shape index (κ3) is 4.60. The molecule has 1 N–H and O–H groups in total. The van der Waals surface area contributed by atoms with Crippen molar-refractivity contribution in [3.05, 3.63) is 23.9 Å². The molecule has 1 aromatic rings. The lowest BCUT2D eigenvalue weighted by molar-refractivity contribution is 0.0492. The van der Waals surface area contributed by atoms with Crippen LogP contribution >= 0.6 is 0 Å². The van der Waals surface area contributed by atoms with Gasteiger partial charge < -0.3 is 15.0 Å². The van der Waals surface area contributed by atoms with Crippen molar-refractivity contribution in [2.45, 2.75) is 84.0 Å². The fourth-order valence-corrected chi connectivity index (χ4v) is 4.16. The highest BCUT2D eigenvalue weighted by molar-refractivity contribution is 5.97. The number of piperidine rings is 1. The van der Waals surface area contributed by atoms with Crippen molar-refractivity contribution in [2.75, 3.05) is 4.90 Å². The largest absolute Gasteiger partial charge is 0.444 e. The molecule has 6 heteroatoms. The molecule has 27 heavy (non-hydrogen) atoms. The topological polar surface area (TPSA) is 71.5 Å². The maximum atomic E-state index is 12.1. The Bertz CT molecular complexity index is 680. The summed E-state index contributed by atoms with van der Waals surface area (Å²) >= 11 is 0. The van der Waals surface area contributed by atoms with Crippen LogP contribution < -0.4 is 10.2 Å². The minimum Gasteiger partial charge on any atom is -0.444 e. The van der Waals surface area contributed by atoms with Gasteiger partial charge in [-0.05, 0) is 58.6 Å². The number of anilines is 1. The van der Waals surface area contributed by atoms with Crippen LogP contribution in [0.3, 0.4) is 0 Å². The molecular weight excluding hydrogens is 342 g/mol. The number of hydrogen-bond acceptors (Lipinski definition) is 5. The molecule has 2 bridgehead atoms. The van der Waals surface area contributed by atoms with Crippen LogP contribution in [-0.2, 0) is 4.74 Å². The monoisotopic (exact) mass is 373 g/mol. The Labute approximate surface area is 161 Å². The summed E-state index contributed by atoms with van der Waals surface area (Å²) in [5.41, 5.74) is 0.186. The van der Waals surface area contributed by atoms with E-state index in [0.29, 0.717) is 17.6 Å². The Morgan fingerprint density at radius 3 is 2.30 bits per heavy atom. The fraction of sp³-hybridized carbons (Fsp3) is 0.667. The molecule has 0 aromatic carbocycles. The van der Waals surface area contributed by atoms with Gasteiger partial charge in [0.15, 0.2) is 5.78 Å². The number of fused-ring (bicyclic) bond motifs is 2. The van der Waals surface area contributed by atoms with Crippen LogP contribution in [0.4, 0.5) is 10.6 Å². The third-order valence-corrected chi connectivity index (χ3v) is 5.28.